The summed E-state index contributed by atoms with van der Waals surface area (Å²) in [5.41, 5.74) is 10.3. The van der Waals surface area contributed by atoms with Crippen LogP contribution in [-0.4, -0.2) is 48.1 Å². The van der Waals surface area contributed by atoms with Gasteiger partial charge >= 0.3 is 0 Å². The SMILES string of the molecule is Cc1cc(C(C#N)c2ccc(Cl)cc2)c(Cl)cc1Nc1ncnc(N(C)C2CCN(C)CC2)c1N. The Labute approximate surface area is 216 Å². The van der Waals surface area contributed by atoms with E-state index in [9.17, 15) is 5.26 Å². The summed E-state index contributed by atoms with van der Waals surface area (Å²) in [4.78, 5) is 13.3. The Morgan fingerprint density at radius 3 is 2.51 bits per heavy atom. The number of halogens is 2. The van der Waals surface area contributed by atoms with Gasteiger partial charge in [-0.25, -0.2) is 9.97 Å². The third-order valence-corrected chi connectivity index (χ3v) is 7.25. The maximum absolute atomic E-state index is 9.86. The second-order valence-electron chi connectivity index (χ2n) is 9.03. The minimum Gasteiger partial charge on any atom is -0.393 e. The monoisotopic (exact) mass is 509 g/mol. The van der Waals surface area contributed by atoms with Crippen molar-refractivity contribution >= 4 is 46.2 Å². The molecule has 1 atom stereocenters. The average Bonchev–Trinajstić information content (AvgIpc) is 2.85. The number of rotatable bonds is 6. The van der Waals surface area contributed by atoms with Gasteiger partial charge in [-0.15, -0.1) is 0 Å². The van der Waals surface area contributed by atoms with Crippen molar-refractivity contribution in [1.82, 2.24) is 14.9 Å². The zero-order chi connectivity index (χ0) is 25.1. The van der Waals surface area contributed by atoms with Gasteiger partial charge in [-0.3, -0.25) is 0 Å². The summed E-state index contributed by atoms with van der Waals surface area (Å²) >= 11 is 12.7. The van der Waals surface area contributed by atoms with E-state index in [1.54, 1.807) is 12.1 Å². The molecule has 1 unspecified atom stereocenters. The van der Waals surface area contributed by atoms with Gasteiger partial charge in [0, 0.05) is 28.8 Å². The number of hydrogen-bond donors (Lipinski definition) is 2. The number of likely N-dealkylation sites (tertiary alicyclic amines) is 1. The highest BCUT2D eigenvalue weighted by molar-refractivity contribution is 6.32. The van der Waals surface area contributed by atoms with Crippen LogP contribution in [0, 0.1) is 18.3 Å². The van der Waals surface area contributed by atoms with Crippen LogP contribution in [-0.2, 0) is 0 Å². The van der Waals surface area contributed by atoms with E-state index in [1.807, 2.05) is 38.2 Å². The zero-order valence-corrected chi connectivity index (χ0v) is 21.6. The summed E-state index contributed by atoms with van der Waals surface area (Å²) in [6.07, 6.45) is 3.64. The second-order valence-corrected chi connectivity index (χ2v) is 9.88. The van der Waals surface area contributed by atoms with Gasteiger partial charge < -0.3 is 20.9 Å². The van der Waals surface area contributed by atoms with E-state index in [-0.39, 0.29) is 0 Å². The van der Waals surface area contributed by atoms with E-state index >= 15 is 0 Å². The topological polar surface area (TPSA) is 94.1 Å². The molecular formula is C26H29Cl2N7. The molecular weight excluding hydrogens is 481 g/mol. The van der Waals surface area contributed by atoms with Crippen LogP contribution < -0.4 is 16.0 Å². The Morgan fingerprint density at radius 1 is 1.17 bits per heavy atom. The largest absolute Gasteiger partial charge is 0.393 e. The first-order valence-corrected chi connectivity index (χ1v) is 12.3. The molecule has 0 saturated carbocycles. The number of aryl methyl sites for hydroxylation is 1. The summed E-state index contributed by atoms with van der Waals surface area (Å²) in [7, 11) is 4.18. The Balaban J connectivity index is 1.59. The molecule has 0 aliphatic carbocycles. The number of anilines is 4. The van der Waals surface area contributed by atoms with Crippen LogP contribution in [0.1, 0.15) is 35.4 Å². The minimum atomic E-state index is -0.508. The summed E-state index contributed by atoms with van der Waals surface area (Å²) in [6, 6.07) is 13.7. The maximum Gasteiger partial charge on any atom is 0.159 e. The average molecular weight is 510 g/mol. The lowest BCUT2D eigenvalue weighted by molar-refractivity contribution is 0.252. The molecule has 0 amide bonds. The Hall–Kier alpha value is -3.05. The number of nitrogen functional groups attached to an aromatic ring is 1. The number of hydrogen-bond acceptors (Lipinski definition) is 7. The fraction of sp³-hybridized carbons (Fsp3) is 0.346. The van der Waals surface area contributed by atoms with Crippen molar-refractivity contribution in [3.63, 3.8) is 0 Å². The van der Waals surface area contributed by atoms with Crippen molar-refractivity contribution in [1.29, 1.82) is 5.26 Å². The predicted molar refractivity (Wildman–Crippen MR) is 144 cm³/mol. The number of nitrogens with one attached hydrogen (secondary N) is 1. The van der Waals surface area contributed by atoms with Crippen LogP contribution in [0.5, 0.6) is 0 Å². The first-order valence-electron chi connectivity index (χ1n) is 11.5. The molecule has 182 valence electrons. The van der Waals surface area contributed by atoms with Crippen molar-refractivity contribution in [3.8, 4) is 6.07 Å². The first-order chi connectivity index (χ1) is 16.8. The molecule has 1 aliphatic heterocycles. The fourth-order valence-corrected chi connectivity index (χ4v) is 4.89. The normalized spacial score (nSPS) is 15.4. The van der Waals surface area contributed by atoms with Crippen LogP contribution in [0.25, 0.3) is 0 Å². The van der Waals surface area contributed by atoms with Crippen LogP contribution in [0.2, 0.25) is 10.0 Å². The molecule has 3 aromatic rings. The standard InChI is InChI=1S/C26H29Cl2N7/c1-16-12-20(21(14-29)17-4-6-18(27)7-5-17)22(28)13-23(16)33-25-24(30)26(32-15-31-25)35(3)19-8-10-34(2)11-9-19/h4-7,12-13,15,19,21H,8-11,30H2,1-3H3,(H,31,32,33). The number of nitrogens with two attached hydrogens (primary N) is 1. The summed E-state index contributed by atoms with van der Waals surface area (Å²) in [5.74, 6) is 0.729. The number of piperidine rings is 1. The molecule has 3 N–H and O–H groups in total. The van der Waals surface area contributed by atoms with Crippen molar-refractivity contribution in [2.45, 2.75) is 31.7 Å². The van der Waals surface area contributed by atoms with E-state index in [1.165, 1.54) is 6.33 Å². The van der Waals surface area contributed by atoms with Gasteiger partial charge in [0.1, 0.15) is 12.0 Å². The predicted octanol–water partition coefficient (Wildman–Crippen LogP) is 5.60. The van der Waals surface area contributed by atoms with Crippen LogP contribution in [0.4, 0.5) is 23.0 Å². The van der Waals surface area contributed by atoms with E-state index in [2.05, 4.69) is 38.2 Å². The van der Waals surface area contributed by atoms with Crippen molar-refractivity contribution < 1.29 is 0 Å². The summed E-state index contributed by atoms with van der Waals surface area (Å²) in [6.45, 7) is 4.06. The Kier molecular flexibility index (Phi) is 7.66. The number of nitrogens with zero attached hydrogens (tertiary/aromatic N) is 5. The third-order valence-electron chi connectivity index (χ3n) is 6.67. The van der Waals surface area contributed by atoms with E-state index in [4.69, 9.17) is 28.9 Å². The zero-order valence-electron chi connectivity index (χ0n) is 20.1. The highest BCUT2D eigenvalue weighted by Gasteiger charge is 2.24. The summed E-state index contributed by atoms with van der Waals surface area (Å²) in [5, 5.41) is 14.3. The first kappa shape index (κ1) is 25.1. The number of nitriles is 1. The number of aromatic nitrogens is 2. The van der Waals surface area contributed by atoms with Gasteiger partial charge in [0.25, 0.3) is 0 Å². The molecule has 0 radical (unpaired) electrons. The summed E-state index contributed by atoms with van der Waals surface area (Å²) < 4.78 is 0. The van der Waals surface area contributed by atoms with Crippen molar-refractivity contribution in [2.75, 3.05) is 43.1 Å². The maximum atomic E-state index is 9.86. The molecule has 35 heavy (non-hydrogen) atoms. The van der Waals surface area contributed by atoms with E-state index in [0.29, 0.717) is 33.4 Å². The van der Waals surface area contributed by atoms with Gasteiger partial charge in [0.15, 0.2) is 11.6 Å². The molecule has 1 fully saturated rings. The number of benzene rings is 2. The smallest absolute Gasteiger partial charge is 0.159 e. The molecule has 0 spiro atoms. The molecule has 7 nitrogen and oxygen atoms in total. The van der Waals surface area contributed by atoms with Gasteiger partial charge in [-0.1, -0.05) is 41.4 Å². The van der Waals surface area contributed by atoms with Crippen LogP contribution in [0.3, 0.4) is 0 Å². The fourth-order valence-electron chi connectivity index (χ4n) is 4.49. The van der Waals surface area contributed by atoms with Gasteiger partial charge in [0.2, 0.25) is 0 Å². The molecule has 1 aliphatic rings. The Bertz CT molecular complexity index is 1230. The molecule has 9 heteroatoms. The van der Waals surface area contributed by atoms with E-state index < -0.39 is 5.92 Å². The molecule has 2 aromatic carbocycles. The lowest BCUT2D eigenvalue weighted by Crippen LogP contribution is -2.42. The minimum absolute atomic E-state index is 0.377. The highest BCUT2D eigenvalue weighted by Crippen LogP contribution is 2.37. The second kappa shape index (κ2) is 10.7. The Morgan fingerprint density at radius 2 is 1.86 bits per heavy atom. The van der Waals surface area contributed by atoms with Gasteiger partial charge in [-0.05, 0) is 74.8 Å². The highest BCUT2D eigenvalue weighted by atomic mass is 35.5. The van der Waals surface area contributed by atoms with Crippen molar-refractivity contribution in [3.05, 3.63) is 69.5 Å². The van der Waals surface area contributed by atoms with Crippen LogP contribution >= 0.6 is 23.2 Å². The van der Waals surface area contributed by atoms with Gasteiger partial charge in [0.05, 0.1) is 12.0 Å². The van der Waals surface area contributed by atoms with Crippen LogP contribution in [0.15, 0.2) is 42.7 Å². The molecule has 0 bridgehead atoms. The molecule has 1 aromatic heterocycles. The molecule has 4 rings (SSSR count). The quantitative estimate of drug-likeness (QED) is 0.446. The lowest BCUT2D eigenvalue weighted by Gasteiger charge is -2.36. The van der Waals surface area contributed by atoms with Gasteiger partial charge in [-0.2, -0.15) is 5.26 Å². The molecule has 1 saturated heterocycles. The third kappa shape index (κ3) is 5.46. The van der Waals surface area contributed by atoms with Crippen molar-refractivity contribution in [2.24, 2.45) is 0 Å². The molecule has 2 heterocycles. The lowest BCUT2D eigenvalue weighted by atomic mass is 9.91. The van der Waals surface area contributed by atoms with E-state index in [0.717, 1.165) is 48.3 Å².